The van der Waals surface area contributed by atoms with Gasteiger partial charge in [0.15, 0.2) is 0 Å². The number of pyridine rings is 4. The predicted octanol–water partition coefficient (Wildman–Crippen LogP) is 9.61. The van der Waals surface area contributed by atoms with Crippen LogP contribution in [0.15, 0.2) is 140 Å². The van der Waals surface area contributed by atoms with Gasteiger partial charge < -0.3 is 9.47 Å². The first-order valence-corrected chi connectivity index (χ1v) is 15.3. The quantitative estimate of drug-likeness (QED) is 0.192. The summed E-state index contributed by atoms with van der Waals surface area (Å²) in [6.45, 7) is 0. The number of anilines is 2. The highest BCUT2D eigenvalue weighted by molar-refractivity contribution is 6.22. The lowest BCUT2D eigenvalue weighted by Gasteiger charge is -2.27. The van der Waals surface area contributed by atoms with Crippen molar-refractivity contribution in [3.05, 3.63) is 146 Å². The Labute approximate surface area is 263 Å². The van der Waals surface area contributed by atoms with Gasteiger partial charge in [-0.05, 0) is 71.6 Å². The summed E-state index contributed by atoms with van der Waals surface area (Å²) in [4.78, 5) is 21.0. The van der Waals surface area contributed by atoms with Crippen LogP contribution in [0.4, 0.5) is 11.4 Å². The SMILES string of the molecule is C1=CN(c2ccc(-c3ccccn3)nc2)c2cccc3cc4c(c1c23)c1ccccc1n4-c1cnc2c(ccc3cccnc32)c1. The van der Waals surface area contributed by atoms with E-state index in [0.717, 1.165) is 61.3 Å². The van der Waals surface area contributed by atoms with Gasteiger partial charge in [0, 0.05) is 45.5 Å². The Morgan fingerprint density at radius 1 is 0.500 bits per heavy atom. The number of aromatic nitrogens is 5. The predicted molar refractivity (Wildman–Crippen MR) is 188 cm³/mol. The van der Waals surface area contributed by atoms with Gasteiger partial charge in [-0.3, -0.25) is 19.9 Å². The van der Waals surface area contributed by atoms with Crippen LogP contribution in [0.5, 0.6) is 0 Å². The molecule has 0 fully saturated rings. The second kappa shape index (κ2) is 9.55. The lowest BCUT2D eigenvalue weighted by Crippen LogP contribution is -2.12. The lowest BCUT2D eigenvalue weighted by molar-refractivity contribution is 1.16. The summed E-state index contributed by atoms with van der Waals surface area (Å²) in [5.41, 5.74) is 10.2. The Morgan fingerprint density at radius 2 is 1.33 bits per heavy atom. The zero-order chi connectivity index (χ0) is 30.2. The largest absolute Gasteiger partial charge is 0.315 e. The van der Waals surface area contributed by atoms with Crippen LogP contribution in [0.1, 0.15) is 5.56 Å². The monoisotopic (exact) mass is 588 g/mol. The van der Waals surface area contributed by atoms with Gasteiger partial charge in [0.25, 0.3) is 0 Å². The summed E-state index contributed by atoms with van der Waals surface area (Å²) in [5, 5.41) is 7.01. The molecule has 6 heterocycles. The van der Waals surface area contributed by atoms with Gasteiger partial charge in [0.1, 0.15) is 0 Å². The van der Waals surface area contributed by atoms with Crippen molar-refractivity contribution in [2.24, 2.45) is 0 Å². The van der Waals surface area contributed by atoms with Crippen LogP contribution in [-0.4, -0.2) is 24.5 Å². The maximum absolute atomic E-state index is 4.96. The van der Waals surface area contributed by atoms with Crippen molar-refractivity contribution in [2.75, 3.05) is 4.90 Å². The van der Waals surface area contributed by atoms with E-state index >= 15 is 0 Å². The highest BCUT2D eigenvalue weighted by Crippen LogP contribution is 2.45. The molecule has 0 atom stereocenters. The number of rotatable bonds is 3. The molecule has 1 aliphatic rings. The first-order chi connectivity index (χ1) is 22.8. The van der Waals surface area contributed by atoms with Gasteiger partial charge in [-0.2, -0.15) is 0 Å². The van der Waals surface area contributed by atoms with Crippen LogP contribution in [0.3, 0.4) is 0 Å². The molecule has 5 aromatic heterocycles. The fraction of sp³-hybridized carbons (Fsp3) is 0. The van der Waals surface area contributed by atoms with Gasteiger partial charge in [0.05, 0.1) is 62.9 Å². The third kappa shape index (κ3) is 3.58. The second-order valence-electron chi connectivity index (χ2n) is 11.6. The molecule has 0 N–H and O–H groups in total. The van der Waals surface area contributed by atoms with E-state index in [2.05, 4.69) is 111 Å². The lowest BCUT2D eigenvalue weighted by atomic mass is 9.94. The van der Waals surface area contributed by atoms with Crippen molar-refractivity contribution in [2.45, 2.75) is 0 Å². The van der Waals surface area contributed by atoms with E-state index in [4.69, 9.17) is 9.97 Å². The molecule has 6 nitrogen and oxygen atoms in total. The molecule has 0 unspecified atom stereocenters. The zero-order valence-corrected chi connectivity index (χ0v) is 24.5. The summed E-state index contributed by atoms with van der Waals surface area (Å²) in [6.07, 6.45) is 11.9. The molecule has 0 saturated carbocycles. The van der Waals surface area contributed by atoms with E-state index < -0.39 is 0 Å². The van der Waals surface area contributed by atoms with Gasteiger partial charge in [-0.1, -0.05) is 54.6 Å². The molecule has 10 rings (SSSR count). The average Bonchev–Trinajstić information content (AvgIpc) is 3.46. The smallest absolute Gasteiger partial charge is 0.0966 e. The van der Waals surface area contributed by atoms with Gasteiger partial charge in [0.2, 0.25) is 0 Å². The number of hydrogen-bond acceptors (Lipinski definition) is 5. The molecule has 46 heavy (non-hydrogen) atoms. The fourth-order valence-corrected chi connectivity index (χ4v) is 7.06. The summed E-state index contributed by atoms with van der Waals surface area (Å²) < 4.78 is 2.35. The van der Waals surface area contributed by atoms with Crippen LogP contribution < -0.4 is 4.90 Å². The first kappa shape index (κ1) is 25.0. The highest BCUT2D eigenvalue weighted by atomic mass is 15.1. The van der Waals surface area contributed by atoms with Crippen molar-refractivity contribution in [3.8, 4) is 17.1 Å². The summed E-state index contributed by atoms with van der Waals surface area (Å²) in [7, 11) is 0. The number of para-hydroxylation sites is 1. The van der Waals surface area contributed by atoms with E-state index in [0.29, 0.717) is 0 Å². The Bertz CT molecular complexity index is 2690. The van der Waals surface area contributed by atoms with E-state index in [9.17, 15) is 0 Å². The Kier molecular flexibility index (Phi) is 5.19. The number of fused-ring (bicyclic) bond motifs is 7. The van der Waals surface area contributed by atoms with Crippen molar-refractivity contribution in [3.63, 3.8) is 0 Å². The minimum absolute atomic E-state index is 0.853. The summed E-state index contributed by atoms with van der Waals surface area (Å²) in [5.74, 6) is 0. The van der Waals surface area contributed by atoms with Crippen LogP contribution in [0, 0.1) is 0 Å². The van der Waals surface area contributed by atoms with Crippen LogP contribution in [0.2, 0.25) is 0 Å². The summed E-state index contributed by atoms with van der Waals surface area (Å²) in [6, 6.07) is 38.1. The van der Waals surface area contributed by atoms with Gasteiger partial charge in [-0.15, -0.1) is 0 Å². The minimum atomic E-state index is 0.853. The Hall–Kier alpha value is -6.40. The van der Waals surface area contributed by atoms with Crippen molar-refractivity contribution >= 4 is 71.8 Å². The first-order valence-electron chi connectivity index (χ1n) is 15.3. The zero-order valence-electron chi connectivity index (χ0n) is 24.5. The molecule has 1 aliphatic heterocycles. The Morgan fingerprint density at radius 3 is 2.24 bits per heavy atom. The topological polar surface area (TPSA) is 59.7 Å². The molecule has 0 aliphatic carbocycles. The van der Waals surface area contributed by atoms with E-state index in [1.54, 1.807) is 6.20 Å². The van der Waals surface area contributed by atoms with Crippen LogP contribution in [0.25, 0.3) is 77.5 Å². The van der Waals surface area contributed by atoms with Gasteiger partial charge in [-0.25, -0.2) is 0 Å². The van der Waals surface area contributed by atoms with Crippen LogP contribution in [-0.2, 0) is 0 Å². The van der Waals surface area contributed by atoms with E-state index in [1.807, 2.05) is 48.9 Å². The third-order valence-electron chi connectivity index (χ3n) is 9.09. The van der Waals surface area contributed by atoms with Crippen molar-refractivity contribution in [1.29, 1.82) is 0 Å². The molecule has 0 radical (unpaired) electrons. The molecular formula is C40H24N6. The standard InChI is InChI=1S/C40H24N6/c1-2-11-34-30(9-1)38-31-17-20-45(28-15-16-33(43-23-28)32-10-3-4-18-41-32)35-12-5-7-26(37(31)35)22-36(38)46(34)29-21-27-14-13-25-8-6-19-42-39(25)40(27)44-24-29/h1-24H. The maximum atomic E-state index is 4.96. The molecule has 0 spiro atoms. The molecule has 0 amide bonds. The number of hydrogen-bond donors (Lipinski definition) is 0. The average molecular weight is 589 g/mol. The number of nitrogens with zero attached hydrogens (tertiary/aromatic N) is 6. The van der Waals surface area contributed by atoms with Crippen molar-refractivity contribution < 1.29 is 0 Å². The molecule has 0 bridgehead atoms. The molecule has 6 heteroatoms. The summed E-state index contributed by atoms with van der Waals surface area (Å²) >= 11 is 0. The van der Waals surface area contributed by atoms with E-state index in [1.165, 1.54) is 27.1 Å². The van der Waals surface area contributed by atoms with Gasteiger partial charge >= 0.3 is 0 Å². The minimum Gasteiger partial charge on any atom is -0.315 e. The second-order valence-corrected chi connectivity index (χ2v) is 11.6. The van der Waals surface area contributed by atoms with Crippen molar-refractivity contribution in [1.82, 2.24) is 24.5 Å². The molecule has 214 valence electrons. The fourth-order valence-electron chi connectivity index (χ4n) is 7.06. The highest BCUT2D eigenvalue weighted by Gasteiger charge is 2.23. The van der Waals surface area contributed by atoms with Crippen LogP contribution >= 0.6 is 0 Å². The Balaban J connectivity index is 1.18. The molecular weight excluding hydrogens is 564 g/mol. The third-order valence-corrected chi connectivity index (χ3v) is 9.09. The van der Waals surface area contributed by atoms with E-state index in [-0.39, 0.29) is 0 Å². The molecule has 4 aromatic carbocycles. The number of benzene rings is 4. The normalized spacial score (nSPS) is 12.7. The maximum Gasteiger partial charge on any atom is 0.0966 e. The molecule has 0 saturated heterocycles. The molecule has 9 aromatic rings.